The lowest BCUT2D eigenvalue weighted by molar-refractivity contribution is 1.06. The Balaban J connectivity index is 0.800. The number of aromatic nitrogens is 4. The summed E-state index contributed by atoms with van der Waals surface area (Å²) in [6.45, 7) is 0.0937. The van der Waals surface area contributed by atoms with Crippen molar-refractivity contribution in [2.45, 2.75) is 0 Å². The second-order valence-corrected chi connectivity index (χ2v) is 21.1. The number of nitrogens with zero attached hydrogens (tertiary/aromatic N) is 6. The molecule has 0 atom stereocenters. The first-order valence-electron chi connectivity index (χ1n) is 28.0. The molecule has 6 nitrogen and oxygen atoms in total. The predicted molar refractivity (Wildman–Crippen MR) is 341 cm³/mol. The molecule has 0 aliphatic carbocycles. The van der Waals surface area contributed by atoms with Crippen LogP contribution in [0.15, 0.2) is 297 Å². The molecule has 382 valence electrons. The van der Waals surface area contributed by atoms with E-state index in [2.05, 4.69) is 275 Å². The summed E-state index contributed by atoms with van der Waals surface area (Å²) in [4.78, 5) is 20.6. The fourth-order valence-corrected chi connectivity index (χ4v) is 12.8. The Bertz CT molecular complexity index is 4660. The quantitative estimate of drug-likeness (QED) is 0.135. The lowest BCUT2D eigenvalue weighted by atomic mass is 9.33. The standard InChI is InChI=1S/C75H49BN6/c1-4-22-51(23-5-1)73-77-74(52-24-6-2-7-25-52)79-75(78-73)62-35-20-34-59(72(62)82-65-38-14-10-32-60(65)61-33-11-15-39-66(61)82)56-29-19-28-55(49-56)54-27-18-26-53(48-54)50-44-46-58(47-45-50)81-68-41-17-13-37-64(68)76-63-36-12-16-40-67(63)80(57-30-8-3-9-31-57)69-42-21-43-70(81)71(69)76/h1-49H. The second-order valence-electron chi connectivity index (χ2n) is 21.1. The summed E-state index contributed by atoms with van der Waals surface area (Å²) in [5, 5.41) is 2.36. The van der Waals surface area contributed by atoms with Gasteiger partial charge in [0.2, 0.25) is 0 Å². The van der Waals surface area contributed by atoms with E-state index in [-0.39, 0.29) is 6.71 Å². The first-order valence-corrected chi connectivity index (χ1v) is 28.0. The average Bonchev–Trinajstić information content (AvgIpc) is 3.11. The molecule has 0 fully saturated rings. The highest BCUT2D eigenvalue weighted by atomic mass is 15.2. The van der Waals surface area contributed by atoms with Gasteiger partial charge in [0.25, 0.3) is 6.71 Å². The lowest BCUT2D eigenvalue weighted by Gasteiger charge is -2.44. The van der Waals surface area contributed by atoms with E-state index >= 15 is 0 Å². The van der Waals surface area contributed by atoms with E-state index in [4.69, 9.17) is 15.0 Å². The van der Waals surface area contributed by atoms with Crippen LogP contribution in [0.5, 0.6) is 0 Å². The Morgan fingerprint density at radius 2 is 0.671 bits per heavy atom. The molecule has 82 heavy (non-hydrogen) atoms. The highest BCUT2D eigenvalue weighted by Crippen LogP contribution is 2.46. The van der Waals surface area contributed by atoms with E-state index in [1.807, 2.05) is 36.4 Å². The molecule has 0 radical (unpaired) electrons. The zero-order chi connectivity index (χ0) is 54.1. The fraction of sp³-hybridized carbons (Fsp3) is 0. The minimum absolute atomic E-state index is 0.0937. The van der Waals surface area contributed by atoms with Gasteiger partial charge in [-0.3, -0.25) is 0 Å². The summed E-state index contributed by atoms with van der Waals surface area (Å²) < 4.78 is 2.41. The third kappa shape index (κ3) is 7.77. The van der Waals surface area contributed by atoms with Crippen LogP contribution in [0.25, 0.3) is 95.0 Å². The molecule has 7 heteroatoms. The van der Waals surface area contributed by atoms with Gasteiger partial charge in [-0.1, -0.05) is 218 Å². The molecular formula is C75H49BN6. The Kier molecular flexibility index (Phi) is 11.2. The fourth-order valence-electron chi connectivity index (χ4n) is 12.8. The van der Waals surface area contributed by atoms with Crippen LogP contribution in [0.1, 0.15) is 0 Å². The Labute approximate surface area is 476 Å². The largest absolute Gasteiger partial charge is 0.311 e. The summed E-state index contributed by atoms with van der Waals surface area (Å²) in [5.41, 5.74) is 23.6. The van der Waals surface area contributed by atoms with Crippen molar-refractivity contribution < 1.29 is 0 Å². The number of hydrogen-bond donors (Lipinski definition) is 0. The van der Waals surface area contributed by atoms with Gasteiger partial charge in [-0.15, -0.1) is 0 Å². The molecule has 2 aliphatic heterocycles. The van der Waals surface area contributed by atoms with Gasteiger partial charge in [-0.2, -0.15) is 0 Å². The van der Waals surface area contributed by atoms with Crippen molar-refractivity contribution in [3.63, 3.8) is 0 Å². The molecule has 14 aromatic rings. The first-order chi connectivity index (χ1) is 40.7. The van der Waals surface area contributed by atoms with E-state index in [0.29, 0.717) is 17.5 Å². The maximum atomic E-state index is 5.31. The van der Waals surface area contributed by atoms with Crippen molar-refractivity contribution in [3.8, 4) is 73.2 Å². The number of benzene rings is 12. The minimum Gasteiger partial charge on any atom is -0.311 e. The smallest absolute Gasteiger partial charge is 0.252 e. The van der Waals surface area contributed by atoms with Crippen LogP contribution in [-0.4, -0.2) is 26.2 Å². The first kappa shape index (κ1) is 47.1. The molecule has 2 aliphatic rings. The Morgan fingerprint density at radius 1 is 0.268 bits per heavy atom. The van der Waals surface area contributed by atoms with Crippen LogP contribution in [0.3, 0.4) is 0 Å². The number of hydrogen-bond acceptors (Lipinski definition) is 5. The lowest BCUT2D eigenvalue weighted by Crippen LogP contribution is -2.61. The van der Waals surface area contributed by atoms with Crippen LogP contribution in [0, 0.1) is 0 Å². The summed E-state index contributed by atoms with van der Waals surface area (Å²) >= 11 is 0. The maximum Gasteiger partial charge on any atom is 0.252 e. The molecule has 12 aromatic carbocycles. The van der Waals surface area contributed by atoms with Crippen molar-refractivity contribution in [3.05, 3.63) is 297 Å². The molecule has 0 bridgehead atoms. The molecule has 0 saturated heterocycles. The number of para-hydroxylation sites is 6. The number of rotatable bonds is 9. The van der Waals surface area contributed by atoms with Crippen LogP contribution in [-0.2, 0) is 0 Å². The zero-order valence-corrected chi connectivity index (χ0v) is 44.6. The minimum atomic E-state index is 0.0937. The van der Waals surface area contributed by atoms with Crippen LogP contribution < -0.4 is 26.2 Å². The summed E-state index contributed by atoms with van der Waals surface area (Å²) in [6.07, 6.45) is 0. The van der Waals surface area contributed by atoms with Crippen LogP contribution >= 0.6 is 0 Å². The third-order valence-corrected chi connectivity index (χ3v) is 16.4. The van der Waals surface area contributed by atoms with Crippen LogP contribution in [0.2, 0.25) is 0 Å². The molecule has 2 aromatic heterocycles. The zero-order valence-electron chi connectivity index (χ0n) is 44.6. The van der Waals surface area contributed by atoms with E-state index in [0.717, 1.165) is 78.2 Å². The van der Waals surface area contributed by atoms with Gasteiger partial charge < -0.3 is 14.4 Å². The summed E-state index contributed by atoms with van der Waals surface area (Å²) in [7, 11) is 0. The van der Waals surface area contributed by atoms with E-state index in [1.165, 1.54) is 49.9 Å². The molecule has 0 spiro atoms. The summed E-state index contributed by atoms with van der Waals surface area (Å²) in [6, 6.07) is 107. The Morgan fingerprint density at radius 3 is 1.26 bits per heavy atom. The SMILES string of the molecule is c1ccc(-c2nc(-c3ccccc3)nc(-c3cccc(-c4cccc(-c5cccc(-c6ccc(N7c8ccccc8B8c9ccccc9N(c9ccccc9)c9cccc7c98)cc6)c5)c4)c3-n3c4ccccc4c4ccccc43)n2)cc1. The number of fused-ring (bicyclic) bond motifs is 7. The third-order valence-electron chi connectivity index (χ3n) is 16.4. The Hall–Kier alpha value is -10.9. The highest BCUT2D eigenvalue weighted by Gasteiger charge is 2.42. The van der Waals surface area contributed by atoms with Crippen molar-refractivity contribution >= 4 is 79.0 Å². The van der Waals surface area contributed by atoms with Gasteiger partial charge in [0.15, 0.2) is 17.5 Å². The van der Waals surface area contributed by atoms with Gasteiger partial charge in [-0.05, 0) is 123 Å². The molecule has 0 saturated carbocycles. The van der Waals surface area contributed by atoms with Crippen molar-refractivity contribution in [1.29, 1.82) is 0 Å². The average molecular weight is 1050 g/mol. The molecule has 0 amide bonds. The van der Waals surface area contributed by atoms with E-state index in [1.54, 1.807) is 0 Å². The molecule has 4 heterocycles. The monoisotopic (exact) mass is 1040 g/mol. The highest BCUT2D eigenvalue weighted by molar-refractivity contribution is 7.00. The van der Waals surface area contributed by atoms with Crippen molar-refractivity contribution in [2.24, 2.45) is 0 Å². The van der Waals surface area contributed by atoms with Crippen LogP contribution in [0.4, 0.5) is 34.1 Å². The van der Waals surface area contributed by atoms with E-state index in [9.17, 15) is 0 Å². The molecule has 0 unspecified atom stereocenters. The maximum absolute atomic E-state index is 5.31. The molecule has 16 rings (SSSR count). The van der Waals surface area contributed by atoms with Gasteiger partial charge in [-0.25, -0.2) is 15.0 Å². The number of anilines is 6. The van der Waals surface area contributed by atoms with Crippen molar-refractivity contribution in [1.82, 2.24) is 19.5 Å². The second kappa shape index (κ2) is 19.5. The van der Waals surface area contributed by atoms with Gasteiger partial charge in [0.1, 0.15) is 0 Å². The summed E-state index contributed by atoms with van der Waals surface area (Å²) in [5.74, 6) is 1.83. The molecule has 0 N–H and O–H groups in total. The van der Waals surface area contributed by atoms with E-state index < -0.39 is 0 Å². The normalized spacial score (nSPS) is 12.3. The topological polar surface area (TPSA) is 50.1 Å². The predicted octanol–water partition coefficient (Wildman–Crippen LogP) is 17.1. The molecular weight excluding hydrogens is 996 g/mol. The van der Waals surface area contributed by atoms with Crippen molar-refractivity contribution in [2.75, 3.05) is 9.80 Å². The van der Waals surface area contributed by atoms with Gasteiger partial charge in [0, 0.05) is 67.2 Å². The van der Waals surface area contributed by atoms with Gasteiger partial charge >= 0.3 is 0 Å². The van der Waals surface area contributed by atoms with Gasteiger partial charge in [0.05, 0.1) is 16.7 Å².